The van der Waals surface area contributed by atoms with E-state index in [4.69, 9.17) is 14.5 Å². The number of anilines is 2. The molecule has 2 unspecified atom stereocenters. The summed E-state index contributed by atoms with van der Waals surface area (Å²) in [6, 6.07) is 4.07. The second-order valence-electron chi connectivity index (χ2n) is 11.1. The molecule has 1 aliphatic heterocycles. The molecule has 0 radical (unpaired) electrons. The van der Waals surface area contributed by atoms with Crippen LogP contribution in [0.5, 0.6) is 5.75 Å². The van der Waals surface area contributed by atoms with Crippen molar-refractivity contribution in [3.05, 3.63) is 41.7 Å². The molecule has 10 heteroatoms. The van der Waals surface area contributed by atoms with E-state index in [2.05, 4.69) is 10.3 Å². The van der Waals surface area contributed by atoms with E-state index in [0.29, 0.717) is 41.9 Å². The number of hydrogen-bond donors (Lipinski definition) is 1. The van der Waals surface area contributed by atoms with Crippen molar-refractivity contribution in [1.29, 1.82) is 0 Å². The highest BCUT2D eigenvalue weighted by Gasteiger charge is 2.47. The van der Waals surface area contributed by atoms with Crippen molar-refractivity contribution in [2.24, 2.45) is 11.8 Å². The Morgan fingerprint density at radius 1 is 1.14 bits per heavy atom. The predicted octanol–water partition coefficient (Wildman–Crippen LogP) is 4.95. The zero-order valence-electron chi connectivity index (χ0n) is 21.4. The third kappa shape index (κ3) is 4.31. The summed E-state index contributed by atoms with van der Waals surface area (Å²) < 4.78 is 42.8. The molecule has 196 valence electrons. The first-order valence-corrected chi connectivity index (χ1v) is 12.8. The monoisotopic (exact) mass is 511 g/mol. The third-order valence-electron chi connectivity index (χ3n) is 7.90. The van der Waals surface area contributed by atoms with Gasteiger partial charge in [-0.1, -0.05) is 0 Å². The number of hydrogen-bond acceptors (Lipinski definition) is 6. The fourth-order valence-electron chi connectivity index (χ4n) is 5.64. The average molecular weight is 512 g/mol. The van der Waals surface area contributed by atoms with Gasteiger partial charge in [0.15, 0.2) is 17.4 Å². The van der Waals surface area contributed by atoms with E-state index in [1.807, 2.05) is 36.4 Å². The summed E-state index contributed by atoms with van der Waals surface area (Å²) in [4.78, 5) is 24.6. The highest BCUT2D eigenvalue weighted by Crippen LogP contribution is 2.52. The molecular formula is C27H31F2N5O3. The van der Waals surface area contributed by atoms with Gasteiger partial charge in [0.25, 0.3) is 5.91 Å². The van der Waals surface area contributed by atoms with Crippen LogP contribution in [-0.4, -0.2) is 52.3 Å². The molecule has 3 aromatic rings. The van der Waals surface area contributed by atoms with E-state index in [1.165, 1.54) is 6.42 Å². The number of methoxy groups -OCH3 is 1. The highest BCUT2D eigenvalue weighted by atomic mass is 19.1. The Morgan fingerprint density at radius 3 is 2.43 bits per heavy atom. The van der Waals surface area contributed by atoms with Gasteiger partial charge >= 0.3 is 0 Å². The lowest BCUT2D eigenvalue weighted by Crippen LogP contribution is -2.61. The van der Waals surface area contributed by atoms with Gasteiger partial charge in [0.2, 0.25) is 5.95 Å². The van der Waals surface area contributed by atoms with Crippen molar-refractivity contribution < 1.29 is 23.0 Å². The molecule has 8 nitrogen and oxygen atoms in total. The van der Waals surface area contributed by atoms with Crippen molar-refractivity contribution in [2.45, 2.75) is 57.8 Å². The molecule has 37 heavy (non-hydrogen) atoms. The number of rotatable bonds is 7. The van der Waals surface area contributed by atoms with Gasteiger partial charge in [0, 0.05) is 37.2 Å². The molecule has 0 bridgehead atoms. The maximum absolute atomic E-state index is 14.8. The zero-order valence-corrected chi connectivity index (χ0v) is 21.4. The third-order valence-corrected chi connectivity index (χ3v) is 7.90. The van der Waals surface area contributed by atoms with Crippen LogP contribution in [0, 0.1) is 23.5 Å². The lowest BCUT2D eigenvalue weighted by atomic mass is 9.97. The van der Waals surface area contributed by atoms with Crippen LogP contribution in [0.4, 0.5) is 20.4 Å². The fourth-order valence-corrected chi connectivity index (χ4v) is 5.64. The fraction of sp³-hybridized carbons (Fsp3) is 0.519. The maximum atomic E-state index is 14.8. The van der Waals surface area contributed by atoms with E-state index in [0.717, 1.165) is 25.0 Å². The topological polar surface area (TPSA) is 81.5 Å². The van der Waals surface area contributed by atoms with Crippen molar-refractivity contribution >= 4 is 28.6 Å². The van der Waals surface area contributed by atoms with Crippen LogP contribution in [0.1, 0.15) is 56.6 Å². The zero-order chi connectivity index (χ0) is 26.1. The van der Waals surface area contributed by atoms with Crippen LogP contribution in [0.3, 0.4) is 0 Å². The largest absolute Gasteiger partial charge is 0.484 e. The molecular weight excluding hydrogens is 480 g/mol. The Kier molecular flexibility index (Phi) is 5.63. The summed E-state index contributed by atoms with van der Waals surface area (Å²) >= 11 is 0. The molecule has 2 saturated carbocycles. The molecule has 3 aliphatic rings. The number of aromatic nitrogens is 3. The first-order valence-electron chi connectivity index (χ1n) is 12.8. The van der Waals surface area contributed by atoms with E-state index in [1.54, 1.807) is 13.2 Å². The Labute approximate surface area is 214 Å². The van der Waals surface area contributed by atoms with E-state index in [-0.39, 0.29) is 34.9 Å². The van der Waals surface area contributed by atoms with Crippen LogP contribution >= 0.6 is 0 Å². The predicted molar refractivity (Wildman–Crippen MR) is 135 cm³/mol. The quantitative estimate of drug-likeness (QED) is 0.484. The number of halogens is 2. The molecule has 1 amide bonds. The summed E-state index contributed by atoms with van der Waals surface area (Å²) in [6.07, 6.45) is 4.57. The van der Waals surface area contributed by atoms with Crippen LogP contribution < -0.4 is 15.0 Å². The number of carbonyl (C=O) groups excluding carboxylic acids is 1. The number of nitrogens with one attached hydrogen (secondary N) is 1. The van der Waals surface area contributed by atoms with E-state index in [9.17, 15) is 13.6 Å². The van der Waals surface area contributed by atoms with Gasteiger partial charge < -0.3 is 24.3 Å². The second kappa shape index (κ2) is 8.65. The van der Waals surface area contributed by atoms with Gasteiger partial charge in [-0.2, -0.15) is 4.98 Å². The van der Waals surface area contributed by atoms with E-state index >= 15 is 0 Å². The summed E-state index contributed by atoms with van der Waals surface area (Å²) in [6.45, 7) is 7.21. The van der Waals surface area contributed by atoms with Crippen LogP contribution in [0.2, 0.25) is 0 Å². The van der Waals surface area contributed by atoms with Crippen LogP contribution in [0.25, 0.3) is 11.0 Å². The van der Waals surface area contributed by atoms with Gasteiger partial charge in [-0.25, -0.2) is 13.8 Å². The van der Waals surface area contributed by atoms with Gasteiger partial charge in [0.1, 0.15) is 16.9 Å². The molecule has 2 atom stereocenters. The summed E-state index contributed by atoms with van der Waals surface area (Å²) in [5, 5.41) is 3.18. The number of carbonyl (C=O) groups is 1. The lowest BCUT2D eigenvalue weighted by Gasteiger charge is -2.46. The smallest absolute Gasteiger partial charge is 0.275 e. The van der Waals surface area contributed by atoms with Crippen LogP contribution in [0.15, 0.2) is 24.4 Å². The first-order chi connectivity index (χ1) is 17.6. The first kappa shape index (κ1) is 24.1. The molecule has 3 heterocycles. The Morgan fingerprint density at radius 2 is 1.81 bits per heavy atom. The number of fused-ring (bicyclic) bond motifs is 2. The van der Waals surface area contributed by atoms with Gasteiger partial charge in [-0.3, -0.25) is 4.79 Å². The molecule has 6 rings (SSSR count). The lowest BCUT2D eigenvalue weighted by molar-refractivity contribution is -0.0175. The standard InChI is InChI=1S/C27H31F2N5O3/c1-14(2)34-6-5-19-22(31-26(32-24(19)34)33-12-27(3,13-33)36-4)25(35)30-17-10-20(28)23(21(29)11-17)37-18-8-15-7-16(15)9-18/h5-6,10-11,14-16,18H,7-9,12-13H2,1-4H3,(H,30,35). The number of ether oxygens (including phenoxy) is 2. The Hall–Kier alpha value is -3.27. The minimum Gasteiger partial charge on any atom is -0.484 e. The SMILES string of the molecule is COC1(C)CN(c2nc(C(=O)Nc3cc(F)c(OC4CC5CC5C4)c(F)c3)c3ccn(C(C)C)c3n2)C1. The van der Waals surface area contributed by atoms with Gasteiger partial charge in [-0.05, 0) is 57.9 Å². The normalized spacial score (nSPS) is 23.8. The van der Waals surface area contributed by atoms with Crippen molar-refractivity contribution in [2.75, 3.05) is 30.4 Å². The molecule has 1 aromatic carbocycles. The molecule has 2 aromatic heterocycles. The Balaban J connectivity index is 1.27. The number of amides is 1. The molecule has 0 spiro atoms. The summed E-state index contributed by atoms with van der Waals surface area (Å²) in [7, 11) is 1.66. The minimum atomic E-state index is -0.838. The van der Waals surface area contributed by atoms with Crippen molar-refractivity contribution in [3.63, 3.8) is 0 Å². The maximum Gasteiger partial charge on any atom is 0.275 e. The van der Waals surface area contributed by atoms with Gasteiger partial charge in [0.05, 0.1) is 24.6 Å². The van der Waals surface area contributed by atoms with Crippen molar-refractivity contribution in [1.82, 2.24) is 14.5 Å². The molecule has 2 aliphatic carbocycles. The van der Waals surface area contributed by atoms with E-state index < -0.39 is 17.5 Å². The average Bonchev–Trinajstić information content (AvgIpc) is 3.23. The summed E-state index contributed by atoms with van der Waals surface area (Å²) in [5.74, 6) is -0.964. The summed E-state index contributed by atoms with van der Waals surface area (Å²) in [5.41, 5.74) is 0.441. The molecule has 1 saturated heterocycles. The molecule has 3 fully saturated rings. The Bertz CT molecular complexity index is 1350. The molecule has 1 N–H and O–H groups in total. The minimum absolute atomic E-state index is 0.00543. The van der Waals surface area contributed by atoms with Gasteiger partial charge in [-0.15, -0.1) is 0 Å². The highest BCUT2D eigenvalue weighted by molar-refractivity contribution is 6.11. The number of benzene rings is 1. The van der Waals surface area contributed by atoms with Crippen LogP contribution in [-0.2, 0) is 4.74 Å². The van der Waals surface area contributed by atoms with Crippen molar-refractivity contribution in [3.8, 4) is 5.75 Å². The number of nitrogens with zero attached hydrogens (tertiary/aromatic N) is 4. The second-order valence-corrected chi connectivity index (χ2v) is 11.1.